The van der Waals surface area contributed by atoms with Gasteiger partial charge in [-0.3, -0.25) is 14.2 Å². The summed E-state index contributed by atoms with van der Waals surface area (Å²) in [5, 5.41) is 1.13. The molecule has 0 fully saturated rings. The van der Waals surface area contributed by atoms with E-state index < -0.39 is 5.91 Å². The molecule has 2 aromatic carbocycles. The molecular weight excluding hydrogens is 288 g/mol. The van der Waals surface area contributed by atoms with Crippen molar-refractivity contribution in [2.24, 2.45) is 5.73 Å². The minimum absolute atomic E-state index is 0.263. The van der Waals surface area contributed by atoms with Crippen LogP contribution in [0.1, 0.15) is 20.7 Å². The Hall–Kier alpha value is -2.59. The van der Waals surface area contributed by atoms with Crippen LogP contribution in [0.3, 0.4) is 0 Å². The van der Waals surface area contributed by atoms with Gasteiger partial charge in [-0.2, -0.15) is 0 Å². The number of amides is 1. The zero-order valence-corrected chi connectivity index (χ0v) is 11.7. The Morgan fingerprint density at radius 1 is 1.05 bits per heavy atom. The molecule has 0 spiro atoms. The first-order valence-electron chi connectivity index (χ1n) is 6.28. The Kier molecular flexibility index (Phi) is 3.23. The topological polar surface area (TPSA) is 65.1 Å². The largest absolute Gasteiger partial charge is 0.366 e. The van der Waals surface area contributed by atoms with Crippen molar-refractivity contribution < 1.29 is 9.59 Å². The summed E-state index contributed by atoms with van der Waals surface area (Å²) in [7, 11) is 0. The van der Waals surface area contributed by atoms with Gasteiger partial charge in [-0.25, -0.2) is 0 Å². The number of aromatic nitrogens is 1. The molecule has 0 atom stereocenters. The fourth-order valence-electron chi connectivity index (χ4n) is 2.30. The van der Waals surface area contributed by atoms with E-state index in [1.807, 2.05) is 0 Å². The lowest BCUT2D eigenvalue weighted by Gasteiger charge is -2.04. The lowest BCUT2D eigenvalue weighted by atomic mass is 10.2. The minimum atomic E-state index is -0.566. The van der Waals surface area contributed by atoms with Crippen molar-refractivity contribution in [3.63, 3.8) is 0 Å². The summed E-state index contributed by atoms with van der Waals surface area (Å²) < 4.78 is 1.42. The molecule has 5 heteroatoms. The number of nitrogens with zero attached hydrogens (tertiary/aromatic N) is 1. The molecule has 4 nitrogen and oxygen atoms in total. The van der Waals surface area contributed by atoms with E-state index in [9.17, 15) is 9.59 Å². The van der Waals surface area contributed by atoms with Crippen LogP contribution < -0.4 is 5.73 Å². The van der Waals surface area contributed by atoms with Gasteiger partial charge in [0, 0.05) is 22.2 Å². The minimum Gasteiger partial charge on any atom is -0.366 e. The number of hydrogen-bond acceptors (Lipinski definition) is 2. The molecule has 1 amide bonds. The van der Waals surface area contributed by atoms with Gasteiger partial charge >= 0.3 is 0 Å². The molecule has 3 rings (SSSR count). The van der Waals surface area contributed by atoms with Crippen LogP contribution in [0.4, 0.5) is 0 Å². The molecule has 0 unspecified atom stereocenters. The lowest BCUT2D eigenvalue weighted by Crippen LogP contribution is -2.12. The van der Waals surface area contributed by atoms with Gasteiger partial charge in [0.1, 0.15) is 0 Å². The van der Waals surface area contributed by atoms with Crippen molar-refractivity contribution >= 4 is 34.3 Å². The number of nitrogens with two attached hydrogens (primary N) is 1. The Morgan fingerprint density at radius 3 is 2.52 bits per heavy atom. The van der Waals surface area contributed by atoms with E-state index in [0.29, 0.717) is 27.1 Å². The molecular formula is C16H11ClN2O2. The van der Waals surface area contributed by atoms with Gasteiger partial charge in [-0.15, -0.1) is 0 Å². The third-order valence-corrected chi connectivity index (χ3v) is 3.50. The van der Waals surface area contributed by atoms with Gasteiger partial charge in [0.05, 0.1) is 11.1 Å². The fourth-order valence-corrected chi connectivity index (χ4v) is 2.49. The van der Waals surface area contributed by atoms with Crippen LogP contribution in [0, 0.1) is 0 Å². The normalized spacial score (nSPS) is 10.7. The highest BCUT2D eigenvalue weighted by Gasteiger charge is 2.17. The molecule has 2 N–H and O–H groups in total. The molecule has 0 aliphatic rings. The molecule has 21 heavy (non-hydrogen) atoms. The van der Waals surface area contributed by atoms with E-state index in [0.717, 1.165) is 0 Å². The summed E-state index contributed by atoms with van der Waals surface area (Å²) in [6.07, 6.45) is 1.47. The van der Waals surface area contributed by atoms with Crippen molar-refractivity contribution in [3.8, 4) is 0 Å². The molecule has 1 aromatic heterocycles. The predicted octanol–water partition coefficient (Wildman–Crippen LogP) is 3.08. The maximum atomic E-state index is 12.6. The van der Waals surface area contributed by atoms with Crippen LogP contribution in [0.25, 0.3) is 10.9 Å². The second-order valence-corrected chi connectivity index (χ2v) is 5.05. The smallest absolute Gasteiger partial charge is 0.262 e. The van der Waals surface area contributed by atoms with E-state index in [1.165, 1.54) is 10.8 Å². The molecule has 0 radical (unpaired) electrons. The number of halogens is 1. The van der Waals surface area contributed by atoms with Gasteiger partial charge in [0.15, 0.2) is 0 Å². The molecule has 0 aliphatic carbocycles. The van der Waals surface area contributed by atoms with E-state index >= 15 is 0 Å². The standard InChI is InChI=1S/C16H11ClN2O2/c17-11-5-3-4-10(8-11)16(21)19-9-13(15(18)20)12-6-1-2-7-14(12)19/h1-9H,(H2,18,20). The highest BCUT2D eigenvalue weighted by molar-refractivity contribution is 6.31. The molecule has 0 saturated heterocycles. The van der Waals surface area contributed by atoms with E-state index in [1.54, 1.807) is 48.5 Å². The van der Waals surface area contributed by atoms with Crippen LogP contribution in [0.2, 0.25) is 5.02 Å². The molecule has 1 heterocycles. The first-order chi connectivity index (χ1) is 10.1. The first kappa shape index (κ1) is 13.4. The summed E-state index contributed by atoms with van der Waals surface area (Å²) in [6.45, 7) is 0. The first-order valence-corrected chi connectivity index (χ1v) is 6.66. The third kappa shape index (κ3) is 2.30. The molecule has 0 bridgehead atoms. The average molecular weight is 299 g/mol. The number of fused-ring (bicyclic) bond motifs is 1. The van der Waals surface area contributed by atoms with E-state index in [2.05, 4.69) is 0 Å². The monoisotopic (exact) mass is 298 g/mol. The van der Waals surface area contributed by atoms with Gasteiger partial charge in [0.25, 0.3) is 11.8 Å². The summed E-state index contributed by atoms with van der Waals surface area (Å²) in [4.78, 5) is 24.1. The van der Waals surface area contributed by atoms with Crippen LogP contribution in [-0.4, -0.2) is 16.4 Å². The number of benzene rings is 2. The number of carbonyl (C=O) groups is 2. The fraction of sp³-hybridized carbons (Fsp3) is 0. The van der Waals surface area contributed by atoms with Crippen molar-refractivity contribution in [3.05, 3.63) is 70.9 Å². The average Bonchev–Trinajstić information content (AvgIpc) is 2.86. The Morgan fingerprint density at radius 2 is 1.81 bits per heavy atom. The Balaban J connectivity index is 2.21. The van der Waals surface area contributed by atoms with Crippen LogP contribution in [0.5, 0.6) is 0 Å². The third-order valence-electron chi connectivity index (χ3n) is 3.27. The molecule has 3 aromatic rings. The second-order valence-electron chi connectivity index (χ2n) is 4.61. The highest BCUT2D eigenvalue weighted by Crippen LogP contribution is 2.22. The van der Waals surface area contributed by atoms with Gasteiger partial charge in [-0.1, -0.05) is 35.9 Å². The maximum absolute atomic E-state index is 12.6. The summed E-state index contributed by atoms with van der Waals surface area (Å²) in [5.41, 5.74) is 6.77. The highest BCUT2D eigenvalue weighted by atomic mass is 35.5. The SMILES string of the molecule is NC(=O)c1cn(C(=O)c2cccc(Cl)c2)c2ccccc12. The lowest BCUT2D eigenvalue weighted by molar-refractivity contribution is 0.0965. The summed E-state index contributed by atoms with van der Waals surface area (Å²) >= 11 is 5.91. The molecule has 104 valence electrons. The molecule has 0 aliphatic heterocycles. The van der Waals surface area contributed by atoms with Gasteiger partial charge < -0.3 is 5.73 Å². The number of para-hydroxylation sites is 1. The van der Waals surface area contributed by atoms with E-state index in [-0.39, 0.29) is 5.91 Å². The van der Waals surface area contributed by atoms with Gasteiger partial charge in [-0.05, 0) is 24.3 Å². The van der Waals surface area contributed by atoms with Crippen LogP contribution in [-0.2, 0) is 0 Å². The predicted molar refractivity (Wildman–Crippen MR) is 81.6 cm³/mol. The van der Waals surface area contributed by atoms with Crippen LogP contribution in [0.15, 0.2) is 54.7 Å². The van der Waals surface area contributed by atoms with Crippen molar-refractivity contribution in [1.82, 2.24) is 4.57 Å². The van der Waals surface area contributed by atoms with Gasteiger partial charge in [0.2, 0.25) is 0 Å². The second kappa shape index (κ2) is 5.07. The Labute approximate surface area is 125 Å². The number of primary amides is 1. The number of hydrogen-bond donors (Lipinski definition) is 1. The van der Waals surface area contributed by atoms with Crippen LogP contribution >= 0.6 is 11.6 Å². The molecule has 0 saturated carbocycles. The number of carbonyl (C=O) groups excluding carboxylic acids is 2. The van der Waals surface area contributed by atoms with Crippen molar-refractivity contribution in [2.75, 3.05) is 0 Å². The quantitative estimate of drug-likeness (QED) is 0.790. The van der Waals surface area contributed by atoms with Crippen molar-refractivity contribution in [1.29, 1.82) is 0 Å². The number of rotatable bonds is 2. The van der Waals surface area contributed by atoms with E-state index in [4.69, 9.17) is 17.3 Å². The summed E-state index contributed by atoms with van der Waals surface area (Å²) in [6, 6.07) is 13.8. The maximum Gasteiger partial charge on any atom is 0.262 e. The van der Waals surface area contributed by atoms with Crippen molar-refractivity contribution in [2.45, 2.75) is 0 Å². The Bertz CT molecular complexity index is 868. The zero-order chi connectivity index (χ0) is 15.0. The zero-order valence-electron chi connectivity index (χ0n) is 10.9. The summed E-state index contributed by atoms with van der Waals surface area (Å²) in [5.74, 6) is -0.829.